The Bertz CT molecular complexity index is 1290. The van der Waals surface area contributed by atoms with Gasteiger partial charge < -0.3 is 19.5 Å². The maximum Gasteiger partial charge on any atom is 0.573 e. The third-order valence-corrected chi connectivity index (χ3v) is 6.36. The molecule has 4 rings (SSSR count). The summed E-state index contributed by atoms with van der Waals surface area (Å²) < 4.78 is 113. The number of β-amino-alcohol motifs (C(OH)–C–C–N with tert-alkyl or cyclic N) is 1. The molecule has 210 valence electrons. The minimum Gasteiger partial charge on any atom is -0.428 e. The van der Waals surface area contributed by atoms with E-state index < -0.39 is 48.6 Å². The monoisotopic (exact) mass is 561 g/mol. The third kappa shape index (κ3) is 6.38. The van der Waals surface area contributed by atoms with E-state index in [-0.39, 0.29) is 19.5 Å². The topological polar surface area (TPSA) is 41.9 Å². The number of nitrogens with zero attached hydrogens (tertiary/aromatic N) is 1. The van der Waals surface area contributed by atoms with Crippen LogP contribution >= 0.6 is 0 Å². The van der Waals surface area contributed by atoms with Crippen molar-refractivity contribution in [3.63, 3.8) is 0 Å². The Morgan fingerprint density at radius 3 is 2.21 bits per heavy atom. The highest BCUT2D eigenvalue weighted by Crippen LogP contribution is 2.48. The van der Waals surface area contributed by atoms with E-state index in [1.54, 1.807) is 41.3 Å². The van der Waals surface area contributed by atoms with Gasteiger partial charge in [-0.25, -0.2) is 4.39 Å². The van der Waals surface area contributed by atoms with Crippen LogP contribution in [-0.2, 0) is 11.8 Å². The lowest BCUT2D eigenvalue weighted by atomic mass is 9.71. The van der Waals surface area contributed by atoms with Crippen molar-refractivity contribution in [3.8, 4) is 11.5 Å². The number of ether oxygens (including phenoxy) is 2. The molecule has 0 bridgehead atoms. The highest BCUT2D eigenvalue weighted by atomic mass is 19.4. The van der Waals surface area contributed by atoms with Crippen molar-refractivity contribution in [3.05, 3.63) is 89.5 Å². The molecule has 1 aliphatic heterocycles. The number of hydrogen-bond donors (Lipinski definition) is 1. The number of benzene rings is 3. The lowest BCUT2D eigenvalue weighted by Crippen LogP contribution is -2.40. The molecule has 0 aromatic heterocycles. The van der Waals surface area contributed by atoms with Crippen LogP contribution in [0.4, 0.5) is 40.8 Å². The van der Waals surface area contributed by atoms with Crippen molar-refractivity contribution in [2.75, 3.05) is 24.7 Å². The van der Waals surface area contributed by atoms with E-state index in [0.29, 0.717) is 22.4 Å². The number of para-hydroxylation sites is 1. The summed E-state index contributed by atoms with van der Waals surface area (Å²) in [6, 6.07) is 17.2. The summed E-state index contributed by atoms with van der Waals surface area (Å²) in [4.78, 5) is 1.68. The molecule has 0 saturated heterocycles. The number of hydrogen-bond acceptors (Lipinski definition) is 4. The molecule has 0 fully saturated rings. The van der Waals surface area contributed by atoms with E-state index in [0.717, 1.165) is 18.2 Å². The van der Waals surface area contributed by atoms with Gasteiger partial charge in [0.1, 0.15) is 18.2 Å². The molecule has 39 heavy (non-hydrogen) atoms. The quantitative estimate of drug-likeness (QED) is 0.287. The summed E-state index contributed by atoms with van der Waals surface area (Å²) in [5.41, 5.74) is 0.747. The summed E-state index contributed by atoms with van der Waals surface area (Å²) in [6.45, 7) is -1.11. The minimum atomic E-state index is -4.93. The summed E-state index contributed by atoms with van der Waals surface area (Å²) in [5.74, 6) is -1.02. The van der Waals surface area contributed by atoms with Crippen molar-refractivity contribution in [1.82, 2.24) is 0 Å². The van der Waals surface area contributed by atoms with Crippen LogP contribution in [0.5, 0.6) is 11.5 Å². The lowest BCUT2D eigenvalue weighted by Gasteiger charge is -2.33. The predicted octanol–water partition coefficient (Wildman–Crippen LogP) is 6.50. The standard InChI is InChI=1S/C27H23F8NO3/c28-14-19(37)15-36-16-25(22-9-1-2-10-23(22)36,13-17-5-3-7-20(11-17)39-27(33,34)35)18-6-4-8-21(12-18)38-26(31,32)24(29)30/h1-12,19,24,37H,13-16H2/t19-,25?/m0/s1. The Balaban J connectivity index is 1.83. The van der Waals surface area contributed by atoms with E-state index in [9.17, 15) is 40.2 Å². The molecule has 0 radical (unpaired) electrons. The van der Waals surface area contributed by atoms with Crippen LogP contribution in [0.3, 0.4) is 0 Å². The summed E-state index contributed by atoms with van der Waals surface area (Å²) >= 11 is 0. The fourth-order valence-corrected chi connectivity index (χ4v) is 4.88. The zero-order valence-electron chi connectivity index (χ0n) is 20.1. The second kappa shape index (κ2) is 10.9. The first-order chi connectivity index (χ1) is 18.3. The molecule has 1 heterocycles. The molecular formula is C27H23F8NO3. The number of anilines is 1. The average Bonchev–Trinajstić information content (AvgIpc) is 3.17. The second-order valence-corrected chi connectivity index (χ2v) is 9.15. The summed E-state index contributed by atoms with van der Waals surface area (Å²) in [5, 5.41) is 10.0. The summed E-state index contributed by atoms with van der Waals surface area (Å²) in [7, 11) is 0. The van der Waals surface area contributed by atoms with Gasteiger partial charge in [0.15, 0.2) is 0 Å². The first-order valence-corrected chi connectivity index (χ1v) is 11.7. The van der Waals surface area contributed by atoms with Crippen LogP contribution in [0, 0.1) is 0 Å². The zero-order valence-corrected chi connectivity index (χ0v) is 20.1. The van der Waals surface area contributed by atoms with Gasteiger partial charge in [0.2, 0.25) is 0 Å². The maximum absolute atomic E-state index is 13.7. The predicted molar refractivity (Wildman–Crippen MR) is 126 cm³/mol. The molecule has 0 aliphatic carbocycles. The maximum atomic E-state index is 13.7. The molecule has 4 nitrogen and oxygen atoms in total. The largest absolute Gasteiger partial charge is 0.573 e. The fraction of sp³-hybridized carbons (Fsp3) is 0.333. The third-order valence-electron chi connectivity index (χ3n) is 6.36. The van der Waals surface area contributed by atoms with Crippen LogP contribution in [0.15, 0.2) is 72.8 Å². The van der Waals surface area contributed by atoms with E-state index in [2.05, 4.69) is 9.47 Å². The Morgan fingerprint density at radius 1 is 0.872 bits per heavy atom. The molecule has 1 unspecified atom stereocenters. The molecule has 3 aromatic rings. The van der Waals surface area contributed by atoms with E-state index >= 15 is 0 Å². The minimum absolute atomic E-state index is 0.00990. The first kappa shape index (κ1) is 28.5. The van der Waals surface area contributed by atoms with Gasteiger partial charge in [0.25, 0.3) is 0 Å². The Labute approximate surface area is 218 Å². The SMILES string of the molecule is O[C@@H](CF)CN1CC(Cc2cccc(OC(F)(F)F)c2)(c2cccc(OC(F)(F)C(F)F)c2)c2ccccc21. The number of fused-ring (bicyclic) bond motifs is 1. The highest BCUT2D eigenvalue weighted by Gasteiger charge is 2.46. The Morgan fingerprint density at radius 2 is 1.54 bits per heavy atom. The van der Waals surface area contributed by atoms with Gasteiger partial charge in [-0.2, -0.15) is 17.6 Å². The van der Waals surface area contributed by atoms with Crippen LogP contribution in [0.25, 0.3) is 0 Å². The number of aliphatic hydroxyl groups is 1. The Hall–Kier alpha value is -3.54. The van der Waals surface area contributed by atoms with E-state index in [1.807, 2.05) is 0 Å². The van der Waals surface area contributed by atoms with Gasteiger partial charge in [-0.15, -0.1) is 13.2 Å². The highest BCUT2D eigenvalue weighted by molar-refractivity contribution is 5.67. The van der Waals surface area contributed by atoms with Crippen LogP contribution in [0.1, 0.15) is 16.7 Å². The normalized spacial score (nSPS) is 18.3. The van der Waals surface area contributed by atoms with Crippen molar-refractivity contribution in [2.24, 2.45) is 0 Å². The molecular weight excluding hydrogens is 538 g/mol. The molecule has 0 spiro atoms. The fourth-order valence-electron chi connectivity index (χ4n) is 4.88. The molecule has 1 N–H and O–H groups in total. The zero-order chi connectivity index (χ0) is 28.4. The molecule has 2 atom stereocenters. The van der Waals surface area contributed by atoms with E-state index in [1.165, 1.54) is 18.2 Å². The van der Waals surface area contributed by atoms with Crippen molar-refractivity contribution in [2.45, 2.75) is 36.8 Å². The number of alkyl halides is 8. The number of halogens is 8. The van der Waals surface area contributed by atoms with Gasteiger partial charge in [0.05, 0.1) is 6.10 Å². The smallest absolute Gasteiger partial charge is 0.428 e. The molecule has 0 saturated carbocycles. The van der Waals surface area contributed by atoms with Gasteiger partial charge in [-0.1, -0.05) is 42.5 Å². The summed E-state index contributed by atoms with van der Waals surface area (Å²) in [6.07, 6.45) is -15.1. The van der Waals surface area contributed by atoms with Crippen molar-refractivity contribution in [1.29, 1.82) is 0 Å². The van der Waals surface area contributed by atoms with Crippen molar-refractivity contribution >= 4 is 5.69 Å². The van der Waals surface area contributed by atoms with Gasteiger partial charge in [-0.3, -0.25) is 0 Å². The van der Waals surface area contributed by atoms with Crippen LogP contribution in [-0.4, -0.2) is 49.9 Å². The van der Waals surface area contributed by atoms with Crippen molar-refractivity contribution < 1.29 is 49.7 Å². The van der Waals surface area contributed by atoms with E-state index in [4.69, 9.17) is 0 Å². The number of aliphatic hydroxyl groups excluding tert-OH is 1. The average molecular weight is 561 g/mol. The van der Waals surface area contributed by atoms with Crippen LogP contribution in [0.2, 0.25) is 0 Å². The van der Waals surface area contributed by atoms with Gasteiger partial charge in [0, 0.05) is 24.2 Å². The van der Waals surface area contributed by atoms with Gasteiger partial charge >= 0.3 is 18.9 Å². The molecule has 1 aliphatic rings. The second-order valence-electron chi connectivity index (χ2n) is 9.15. The lowest BCUT2D eigenvalue weighted by molar-refractivity contribution is -0.274. The molecule has 0 amide bonds. The molecule has 3 aromatic carbocycles. The van der Waals surface area contributed by atoms with Gasteiger partial charge in [-0.05, 0) is 53.4 Å². The first-order valence-electron chi connectivity index (χ1n) is 11.7. The molecule has 12 heteroatoms. The Kier molecular flexibility index (Phi) is 7.97. The van der Waals surface area contributed by atoms with Crippen LogP contribution < -0.4 is 14.4 Å². The number of rotatable bonds is 10.